The summed E-state index contributed by atoms with van der Waals surface area (Å²) in [5.41, 5.74) is -6.15. The quantitative estimate of drug-likeness (QED) is 0.548. The van der Waals surface area contributed by atoms with Gasteiger partial charge in [0.25, 0.3) is 5.60 Å². The van der Waals surface area contributed by atoms with Crippen molar-refractivity contribution in [3.63, 3.8) is 0 Å². The first-order chi connectivity index (χ1) is 15.0. The van der Waals surface area contributed by atoms with Crippen LogP contribution in [0.4, 0.5) is 32.0 Å². The Morgan fingerprint density at radius 2 is 1.39 bits per heavy atom. The lowest BCUT2D eigenvalue weighted by atomic mass is 9.92. The SMILES string of the molecule is CC(C)CS(=O)(=O)c1ccc(CC(=O)Nc2ccc(C(O)(C(F)(F)F)C(F)(F)F)cc2)cc1. The lowest BCUT2D eigenvalue weighted by Crippen LogP contribution is -2.53. The minimum Gasteiger partial charge on any atom is -0.369 e. The second-order valence-corrected chi connectivity index (χ2v) is 9.86. The van der Waals surface area contributed by atoms with Crippen LogP contribution >= 0.6 is 0 Å². The van der Waals surface area contributed by atoms with Crippen molar-refractivity contribution in [3.05, 3.63) is 59.7 Å². The monoisotopic (exact) mass is 497 g/mol. The highest BCUT2D eigenvalue weighted by Gasteiger charge is 2.71. The van der Waals surface area contributed by atoms with Gasteiger partial charge in [-0.05, 0) is 35.7 Å². The van der Waals surface area contributed by atoms with Gasteiger partial charge in [-0.1, -0.05) is 38.1 Å². The van der Waals surface area contributed by atoms with Crippen molar-refractivity contribution in [3.8, 4) is 0 Å². The molecule has 0 aliphatic carbocycles. The van der Waals surface area contributed by atoms with Crippen molar-refractivity contribution in [1.29, 1.82) is 0 Å². The molecular formula is C21H21F6NO4S. The Labute approximate surface area is 186 Å². The van der Waals surface area contributed by atoms with Gasteiger partial charge < -0.3 is 10.4 Å². The molecule has 2 rings (SSSR count). The highest BCUT2D eigenvalue weighted by Crippen LogP contribution is 2.50. The molecule has 0 fully saturated rings. The van der Waals surface area contributed by atoms with Crippen LogP contribution in [0.15, 0.2) is 53.4 Å². The fraction of sp³-hybridized carbons (Fsp3) is 0.381. The van der Waals surface area contributed by atoms with Crippen molar-refractivity contribution in [1.82, 2.24) is 0 Å². The molecule has 12 heteroatoms. The first kappa shape index (κ1) is 26.7. The van der Waals surface area contributed by atoms with Crippen LogP contribution in [0.2, 0.25) is 0 Å². The maximum Gasteiger partial charge on any atom is 0.430 e. The Hall–Kier alpha value is -2.60. The Balaban J connectivity index is 2.11. The summed E-state index contributed by atoms with van der Waals surface area (Å²) < 4.78 is 102. The van der Waals surface area contributed by atoms with Crippen molar-refractivity contribution in [2.75, 3.05) is 11.1 Å². The molecule has 182 valence electrons. The number of aliphatic hydroxyl groups is 1. The second kappa shape index (κ2) is 9.34. The normalized spacial score (nSPS) is 13.3. The minimum atomic E-state index is -6.01. The van der Waals surface area contributed by atoms with Crippen LogP contribution in [0.3, 0.4) is 0 Å². The molecule has 0 heterocycles. The molecule has 2 aromatic rings. The molecule has 0 bridgehead atoms. The summed E-state index contributed by atoms with van der Waals surface area (Å²) in [6, 6.07) is 8.02. The number of carbonyl (C=O) groups is 1. The van der Waals surface area contributed by atoms with E-state index >= 15 is 0 Å². The van der Waals surface area contributed by atoms with Gasteiger partial charge in [-0.3, -0.25) is 4.79 Å². The van der Waals surface area contributed by atoms with Crippen molar-refractivity contribution < 1.29 is 44.7 Å². The highest BCUT2D eigenvalue weighted by molar-refractivity contribution is 7.91. The molecule has 33 heavy (non-hydrogen) atoms. The Kier molecular flexibility index (Phi) is 7.54. The third-order valence-corrected chi connectivity index (χ3v) is 6.70. The molecule has 5 nitrogen and oxygen atoms in total. The molecule has 1 amide bonds. The third-order valence-electron chi connectivity index (χ3n) is 4.61. The van der Waals surface area contributed by atoms with Crippen molar-refractivity contribution >= 4 is 21.4 Å². The van der Waals surface area contributed by atoms with E-state index in [4.69, 9.17) is 0 Å². The third kappa shape index (κ3) is 6.05. The molecule has 0 saturated heterocycles. The van der Waals surface area contributed by atoms with Gasteiger partial charge >= 0.3 is 12.4 Å². The topological polar surface area (TPSA) is 83.5 Å². The molecule has 0 aliphatic heterocycles. The van der Waals surface area contributed by atoms with Gasteiger partial charge in [0, 0.05) is 11.3 Å². The predicted molar refractivity (Wildman–Crippen MR) is 108 cm³/mol. The number of benzene rings is 2. The number of hydrogen-bond donors (Lipinski definition) is 2. The van der Waals surface area contributed by atoms with Crippen LogP contribution in [0.5, 0.6) is 0 Å². The largest absolute Gasteiger partial charge is 0.430 e. The van der Waals surface area contributed by atoms with E-state index in [0.29, 0.717) is 17.7 Å². The smallest absolute Gasteiger partial charge is 0.369 e. The summed E-state index contributed by atoms with van der Waals surface area (Å²) in [7, 11) is -3.47. The van der Waals surface area contributed by atoms with E-state index in [1.54, 1.807) is 13.8 Å². The number of sulfone groups is 1. The lowest BCUT2D eigenvalue weighted by molar-refractivity contribution is -0.376. The highest BCUT2D eigenvalue weighted by atomic mass is 32.2. The number of amides is 1. The van der Waals surface area contributed by atoms with E-state index in [1.807, 2.05) is 0 Å². The van der Waals surface area contributed by atoms with Crippen LogP contribution in [0.1, 0.15) is 25.0 Å². The zero-order valence-electron chi connectivity index (χ0n) is 17.5. The second-order valence-electron chi connectivity index (χ2n) is 7.83. The number of rotatable bonds is 7. The van der Waals surface area contributed by atoms with Gasteiger partial charge in [-0.25, -0.2) is 8.42 Å². The Morgan fingerprint density at radius 1 is 0.909 bits per heavy atom. The first-order valence-electron chi connectivity index (χ1n) is 9.55. The van der Waals surface area contributed by atoms with E-state index in [-0.39, 0.29) is 28.7 Å². The molecule has 0 spiro atoms. The minimum absolute atomic E-state index is 0.0410. The van der Waals surface area contributed by atoms with E-state index in [0.717, 1.165) is 12.1 Å². The first-order valence-corrected chi connectivity index (χ1v) is 11.2. The molecule has 0 atom stereocenters. The van der Waals surface area contributed by atoms with E-state index < -0.39 is 39.3 Å². The summed E-state index contributed by atoms with van der Waals surface area (Å²) in [5.74, 6) is -0.752. The number of nitrogens with one attached hydrogen (secondary N) is 1. The van der Waals surface area contributed by atoms with Gasteiger partial charge in [0.1, 0.15) is 0 Å². The number of alkyl halides is 6. The summed E-state index contributed by atoms with van der Waals surface area (Å²) >= 11 is 0. The average Bonchev–Trinajstić information content (AvgIpc) is 2.65. The standard InChI is InChI=1S/C21H21F6NO4S/c1-13(2)12-33(31,32)17-9-3-14(4-10-17)11-18(29)28-16-7-5-15(6-8-16)19(30,20(22,23)24)21(25,26)27/h3-10,13,30H,11-12H2,1-2H3,(H,28,29). The lowest BCUT2D eigenvalue weighted by Gasteiger charge is -2.32. The van der Waals surface area contributed by atoms with E-state index in [2.05, 4.69) is 5.32 Å². The van der Waals surface area contributed by atoms with Crippen molar-refractivity contribution in [2.24, 2.45) is 5.92 Å². The predicted octanol–water partition coefficient (Wildman–Crippen LogP) is 4.61. The van der Waals surface area contributed by atoms with Gasteiger partial charge in [0.2, 0.25) is 5.91 Å². The molecule has 0 radical (unpaired) electrons. The summed E-state index contributed by atoms with van der Waals surface area (Å²) in [4.78, 5) is 12.3. The fourth-order valence-electron chi connectivity index (χ4n) is 3.02. The molecular weight excluding hydrogens is 476 g/mol. The zero-order chi connectivity index (χ0) is 25.2. The van der Waals surface area contributed by atoms with Gasteiger partial charge in [0.15, 0.2) is 9.84 Å². The maximum atomic E-state index is 12.9. The summed E-state index contributed by atoms with van der Waals surface area (Å²) in [5, 5.41) is 11.7. The van der Waals surface area contributed by atoms with Crippen LogP contribution in [-0.2, 0) is 26.7 Å². The fourth-order valence-corrected chi connectivity index (χ4v) is 4.64. The maximum absolute atomic E-state index is 12.9. The molecule has 2 N–H and O–H groups in total. The summed E-state index contributed by atoms with van der Waals surface area (Å²) in [6.07, 6.45) is -12.2. The summed E-state index contributed by atoms with van der Waals surface area (Å²) in [6.45, 7) is 3.52. The number of halogens is 6. The molecule has 0 aliphatic rings. The van der Waals surface area contributed by atoms with Crippen LogP contribution in [0.25, 0.3) is 0 Å². The van der Waals surface area contributed by atoms with Crippen LogP contribution in [-0.4, -0.2) is 37.5 Å². The van der Waals surface area contributed by atoms with Gasteiger partial charge in [-0.2, -0.15) is 26.3 Å². The van der Waals surface area contributed by atoms with Crippen LogP contribution < -0.4 is 5.32 Å². The van der Waals surface area contributed by atoms with Gasteiger partial charge in [-0.15, -0.1) is 0 Å². The van der Waals surface area contributed by atoms with Crippen LogP contribution in [0, 0.1) is 5.92 Å². The Morgan fingerprint density at radius 3 is 1.82 bits per heavy atom. The number of hydrogen-bond acceptors (Lipinski definition) is 4. The average molecular weight is 497 g/mol. The van der Waals surface area contributed by atoms with E-state index in [1.165, 1.54) is 24.3 Å². The van der Waals surface area contributed by atoms with Gasteiger partial charge in [0.05, 0.1) is 17.1 Å². The number of carbonyl (C=O) groups excluding carboxylic acids is 1. The van der Waals surface area contributed by atoms with Crippen molar-refractivity contribution in [2.45, 2.75) is 43.1 Å². The molecule has 0 aromatic heterocycles. The Bertz CT molecular complexity index is 1060. The van der Waals surface area contributed by atoms with E-state index in [9.17, 15) is 44.7 Å². The molecule has 0 saturated carbocycles. The molecule has 2 aromatic carbocycles. The molecule has 0 unspecified atom stereocenters. The zero-order valence-corrected chi connectivity index (χ0v) is 18.3. The number of anilines is 1.